The summed E-state index contributed by atoms with van der Waals surface area (Å²) in [4.78, 5) is 8.54. The van der Waals surface area contributed by atoms with Crippen molar-refractivity contribution < 1.29 is 9.47 Å². The molecule has 0 saturated carbocycles. The predicted octanol–water partition coefficient (Wildman–Crippen LogP) is 2.08. The quantitative estimate of drug-likeness (QED) is 0.806. The molecular weight excluding hydrogens is 216 g/mol. The van der Waals surface area contributed by atoms with Gasteiger partial charge in [0.2, 0.25) is 0 Å². The fourth-order valence-corrected chi connectivity index (χ4v) is 1.54. The maximum Gasteiger partial charge on any atom is 0.260 e. The van der Waals surface area contributed by atoms with Crippen LogP contribution in [0.4, 0.5) is 0 Å². The zero-order valence-electron chi connectivity index (χ0n) is 9.88. The highest BCUT2D eigenvalue weighted by Gasteiger charge is 2.07. The van der Waals surface area contributed by atoms with Crippen LogP contribution in [0.3, 0.4) is 0 Å². The third-order valence-corrected chi connectivity index (χ3v) is 2.39. The molecule has 2 rings (SSSR count). The summed E-state index contributed by atoms with van der Waals surface area (Å²) in [7, 11) is 3.13. The first-order valence-electron chi connectivity index (χ1n) is 5.31. The average molecular weight is 230 g/mol. The summed E-state index contributed by atoms with van der Waals surface area (Å²) >= 11 is 0. The predicted molar refractivity (Wildman–Crippen MR) is 64.4 cm³/mol. The number of aromatic nitrogens is 2. The van der Waals surface area contributed by atoms with Gasteiger partial charge in [0.1, 0.15) is 5.82 Å². The first-order valence-corrected chi connectivity index (χ1v) is 5.31. The minimum atomic E-state index is 0.466. The topological polar surface area (TPSA) is 44.2 Å². The minimum Gasteiger partial charge on any atom is -0.490 e. The third kappa shape index (κ3) is 2.72. The summed E-state index contributed by atoms with van der Waals surface area (Å²) in [6, 6.07) is 10.1. The van der Waals surface area contributed by atoms with Crippen molar-refractivity contribution >= 4 is 0 Å². The van der Waals surface area contributed by atoms with Gasteiger partial charge in [0.25, 0.3) is 5.88 Å². The normalized spacial score (nSPS) is 10.0. The monoisotopic (exact) mass is 230 g/mol. The molecule has 1 aromatic heterocycles. The van der Waals surface area contributed by atoms with Gasteiger partial charge in [0.05, 0.1) is 20.4 Å². The van der Waals surface area contributed by atoms with Crippen molar-refractivity contribution in [3.05, 3.63) is 47.9 Å². The number of nitrogens with zero attached hydrogens (tertiary/aromatic N) is 2. The summed E-state index contributed by atoms with van der Waals surface area (Å²) in [6.45, 7) is 0. The Balaban J connectivity index is 2.22. The van der Waals surface area contributed by atoms with Crippen LogP contribution in [0.2, 0.25) is 0 Å². The van der Waals surface area contributed by atoms with Crippen LogP contribution >= 0.6 is 0 Å². The van der Waals surface area contributed by atoms with Crippen molar-refractivity contribution in [2.45, 2.75) is 6.42 Å². The Hall–Kier alpha value is -2.10. The molecule has 2 aromatic rings. The van der Waals surface area contributed by atoms with Gasteiger partial charge in [-0.25, -0.2) is 4.98 Å². The van der Waals surface area contributed by atoms with Gasteiger partial charge < -0.3 is 9.47 Å². The van der Waals surface area contributed by atoms with E-state index < -0.39 is 0 Å². The molecule has 0 bridgehead atoms. The molecule has 0 N–H and O–H groups in total. The molecule has 0 radical (unpaired) electrons. The molecule has 4 nitrogen and oxygen atoms in total. The highest BCUT2D eigenvalue weighted by atomic mass is 16.5. The van der Waals surface area contributed by atoms with E-state index in [-0.39, 0.29) is 0 Å². The molecule has 88 valence electrons. The Morgan fingerprint density at radius 2 is 1.82 bits per heavy atom. The molecule has 0 fully saturated rings. The van der Waals surface area contributed by atoms with Gasteiger partial charge in [-0.1, -0.05) is 30.3 Å². The molecule has 0 aliphatic rings. The molecule has 1 heterocycles. The van der Waals surface area contributed by atoms with E-state index in [1.165, 1.54) is 5.56 Å². The second-order valence-corrected chi connectivity index (χ2v) is 3.53. The van der Waals surface area contributed by atoms with Gasteiger partial charge in [0, 0.05) is 6.42 Å². The van der Waals surface area contributed by atoms with Crippen molar-refractivity contribution in [3.8, 4) is 11.6 Å². The summed E-state index contributed by atoms with van der Waals surface area (Å²) in [5.74, 6) is 1.73. The van der Waals surface area contributed by atoms with Crippen molar-refractivity contribution in [1.29, 1.82) is 0 Å². The molecule has 0 unspecified atom stereocenters. The van der Waals surface area contributed by atoms with Gasteiger partial charge in [-0.05, 0) is 5.56 Å². The van der Waals surface area contributed by atoms with Crippen LogP contribution < -0.4 is 9.47 Å². The Morgan fingerprint density at radius 3 is 2.47 bits per heavy atom. The molecule has 0 aliphatic carbocycles. The second-order valence-electron chi connectivity index (χ2n) is 3.53. The Bertz CT molecular complexity index is 486. The fourth-order valence-electron chi connectivity index (χ4n) is 1.54. The smallest absolute Gasteiger partial charge is 0.260 e. The molecule has 0 amide bonds. The van der Waals surface area contributed by atoms with E-state index in [0.29, 0.717) is 23.9 Å². The summed E-state index contributed by atoms with van der Waals surface area (Å²) < 4.78 is 10.2. The first-order chi connectivity index (χ1) is 8.33. The summed E-state index contributed by atoms with van der Waals surface area (Å²) in [6.07, 6.45) is 2.31. The third-order valence-electron chi connectivity index (χ3n) is 2.39. The van der Waals surface area contributed by atoms with Crippen molar-refractivity contribution in [3.63, 3.8) is 0 Å². The lowest BCUT2D eigenvalue weighted by Crippen LogP contribution is -2.01. The van der Waals surface area contributed by atoms with Crippen molar-refractivity contribution in [1.82, 2.24) is 9.97 Å². The van der Waals surface area contributed by atoms with E-state index in [1.54, 1.807) is 20.4 Å². The van der Waals surface area contributed by atoms with Gasteiger partial charge in [-0.15, -0.1) is 0 Å². The Labute approximate surface area is 100 Å². The highest BCUT2D eigenvalue weighted by Crippen LogP contribution is 2.22. The van der Waals surface area contributed by atoms with Crippen LogP contribution in [0.25, 0.3) is 0 Å². The SMILES string of the molecule is COc1cnc(Cc2ccccc2)nc1OC. The molecule has 0 saturated heterocycles. The molecule has 1 aromatic carbocycles. The molecule has 17 heavy (non-hydrogen) atoms. The maximum absolute atomic E-state index is 5.14. The number of methoxy groups -OCH3 is 2. The number of rotatable bonds is 4. The van der Waals surface area contributed by atoms with Crippen molar-refractivity contribution in [2.24, 2.45) is 0 Å². The number of ether oxygens (including phenoxy) is 2. The van der Waals surface area contributed by atoms with Crippen LogP contribution in [-0.2, 0) is 6.42 Å². The zero-order chi connectivity index (χ0) is 12.1. The van der Waals surface area contributed by atoms with Gasteiger partial charge >= 0.3 is 0 Å². The van der Waals surface area contributed by atoms with Gasteiger partial charge in [0.15, 0.2) is 5.75 Å². The molecule has 0 atom stereocenters. The van der Waals surface area contributed by atoms with E-state index in [0.717, 1.165) is 0 Å². The van der Waals surface area contributed by atoms with E-state index >= 15 is 0 Å². The van der Waals surface area contributed by atoms with Crippen LogP contribution in [0.15, 0.2) is 36.5 Å². The number of benzene rings is 1. The molecular formula is C13H14N2O2. The lowest BCUT2D eigenvalue weighted by Gasteiger charge is -2.07. The average Bonchev–Trinajstić information content (AvgIpc) is 2.40. The number of hydrogen-bond donors (Lipinski definition) is 0. The van der Waals surface area contributed by atoms with Crippen LogP contribution in [0, 0.1) is 0 Å². The standard InChI is InChI=1S/C13H14N2O2/c1-16-11-9-14-12(15-13(11)17-2)8-10-6-4-3-5-7-10/h3-7,9H,8H2,1-2H3. The van der Waals surface area contributed by atoms with Crippen LogP contribution in [0.5, 0.6) is 11.6 Å². The molecule has 0 spiro atoms. The van der Waals surface area contributed by atoms with E-state index in [2.05, 4.69) is 9.97 Å². The zero-order valence-corrected chi connectivity index (χ0v) is 9.88. The van der Waals surface area contributed by atoms with Gasteiger partial charge in [-0.3, -0.25) is 0 Å². The van der Waals surface area contributed by atoms with E-state index in [9.17, 15) is 0 Å². The molecule has 0 aliphatic heterocycles. The van der Waals surface area contributed by atoms with Gasteiger partial charge in [-0.2, -0.15) is 4.98 Å². The van der Waals surface area contributed by atoms with Crippen LogP contribution in [-0.4, -0.2) is 24.2 Å². The summed E-state index contributed by atoms with van der Waals surface area (Å²) in [5, 5.41) is 0. The second kappa shape index (κ2) is 5.30. The van der Waals surface area contributed by atoms with Crippen molar-refractivity contribution in [2.75, 3.05) is 14.2 Å². The van der Waals surface area contributed by atoms with E-state index in [4.69, 9.17) is 9.47 Å². The summed E-state index contributed by atoms with van der Waals surface area (Å²) in [5.41, 5.74) is 1.17. The van der Waals surface area contributed by atoms with E-state index in [1.807, 2.05) is 30.3 Å². The lowest BCUT2D eigenvalue weighted by atomic mass is 10.1. The number of hydrogen-bond acceptors (Lipinski definition) is 4. The maximum atomic E-state index is 5.14. The Morgan fingerprint density at radius 1 is 1.06 bits per heavy atom. The first kappa shape index (κ1) is 11.4. The fraction of sp³-hybridized carbons (Fsp3) is 0.231. The molecule has 4 heteroatoms. The Kier molecular flexibility index (Phi) is 3.55. The van der Waals surface area contributed by atoms with Crippen LogP contribution in [0.1, 0.15) is 11.4 Å². The largest absolute Gasteiger partial charge is 0.490 e. The highest BCUT2D eigenvalue weighted by molar-refractivity contribution is 5.31. The lowest BCUT2D eigenvalue weighted by molar-refractivity contribution is 0.339. The minimum absolute atomic E-state index is 0.466.